The lowest BCUT2D eigenvalue weighted by molar-refractivity contribution is -0.137. The van der Waals surface area contributed by atoms with Gasteiger partial charge in [0.05, 0.1) is 17.0 Å². The van der Waals surface area contributed by atoms with E-state index < -0.39 is 27.7 Å². The highest BCUT2D eigenvalue weighted by Crippen LogP contribution is 2.35. The smallest absolute Gasteiger partial charge is 0.321 e. The van der Waals surface area contributed by atoms with E-state index in [2.05, 4.69) is 4.99 Å². The Bertz CT molecular complexity index is 1450. The van der Waals surface area contributed by atoms with Crippen molar-refractivity contribution < 1.29 is 26.4 Å². The van der Waals surface area contributed by atoms with E-state index in [0.29, 0.717) is 18.7 Å². The Labute approximate surface area is 223 Å². The summed E-state index contributed by atoms with van der Waals surface area (Å²) in [6, 6.07) is 17.6. The Morgan fingerprint density at radius 1 is 0.892 bits per heavy atom. The van der Waals surface area contributed by atoms with Crippen molar-refractivity contribution in [3.63, 3.8) is 0 Å². The summed E-state index contributed by atoms with van der Waals surface area (Å²) in [7, 11) is -3.62. The molecule has 1 saturated heterocycles. The first-order valence-corrected chi connectivity index (χ1v) is 12.8. The molecule has 5 rings (SSSR count). The number of rotatable bonds is 4. The van der Waals surface area contributed by atoms with Gasteiger partial charge in [0.25, 0.3) is 5.91 Å². The zero-order valence-corrected chi connectivity index (χ0v) is 22.0. The molecule has 2 heterocycles. The van der Waals surface area contributed by atoms with Crippen LogP contribution in [0.15, 0.2) is 82.7 Å². The third kappa shape index (κ3) is 5.34. The van der Waals surface area contributed by atoms with Crippen molar-refractivity contribution in [3.8, 4) is 0 Å². The van der Waals surface area contributed by atoms with Gasteiger partial charge in [0.2, 0.25) is 10.0 Å². The quantitative estimate of drug-likeness (QED) is 0.390. The van der Waals surface area contributed by atoms with Crippen LogP contribution in [0.1, 0.15) is 39.9 Å². The molecule has 1 amide bonds. The van der Waals surface area contributed by atoms with Crippen molar-refractivity contribution in [2.24, 2.45) is 4.99 Å². The van der Waals surface area contributed by atoms with Crippen LogP contribution in [0.5, 0.6) is 0 Å². The van der Waals surface area contributed by atoms with Crippen LogP contribution in [0.4, 0.5) is 18.9 Å². The highest BCUT2D eigenvalue weighted by molar-refractivity contribution is 8.93. The summed E-state index contributed by atoms with van der Waals surface area (Å²) in [5.74, 6) is -0.382. The number of hydrogen-bond donors (Lipinski definition) is 0. The van der Waals surface area contributed by atoms with Crippen LogP contribution in [0, 0.1) is 0 Å². The largest absolute Gasteiger partial charge is 0.416 e. The third-order valence-electron chi connectivity index (χ3n) is 6.34. The normalized spacial score (nSPS) is 17.1. The zero-order chi connectivity index (χ0) is 25.5. The molecule has 2 aliphatic heterocycles. The number of hydrogen-bond acceptors (Lipinski definition) is 3. The topological polar surface area (TPSA) is 70.0 Å². The van der Waals surface area contributed by atoms with Crippen molar-refractivity contribution >= 4 is 44.4 Å². The van der Waals surface area contributed by atoms with Gasteiger partial charge < -0.3 is 4.90 Å². The number of alkyl halides is 3. The number of fused-ring (bicyclic) bond motifs is 1. The SMILES string of the molecule is Br.O=C(N=C1c2ccccc2CN1c1cccc(C(F)(F)F)c1)c1ccc(S(=O)(=O)N2CCCC2)cc1. The number of carbonyl (C=O) groups is 1. The van der Waals surface area contributed by atoms with Crippen LogP contribution >= 0.6 is 17.0 Å². The van der Waals surface area contributed by atoms with Gasteiger partial charge in [-0.3, -0.25) is 4.79 Å². The lowest BCUT2D eigenvalue weighted by Gasteiger charge is -2.20. The van der Waals surface area contributed by atoms with Crippen LogP contribution < -0.4 is 4.90 Å². The molecule has 0 radical (unpaired) electrons. The van der Waals surface area contributed by atoms with Crippen LogP contribution in [0.3, 0.4) is 0 Å². The molecule has 2 aliphatic rings. The number of anilines is 1. The number of benzene rings is 3. The van der Waals surface area contributed by atoms with Gasteiger partial charge >= 0.3 is 6.18 Å². The Balaban J connectivity index is 0.00000320. The van der Waals surface area contributed by atoms with Crippen molar-refractivity contribution in [2.75, 3.05) is 18.0 Å². The number of halogens is 4. The first-order chi connectivity index (χ1) is 17.1. The molecule has 0 spiro atoms. The highest BCUT2D eigenvalue weighted by atomic mass is 79.9. The highest BCUT2D eigenvalue weighted by Gasteiger charge is 2.33. The van der Waals surface area contributed by atoms with E-state index in [-0.39, 0.29) is 45.5 Å². The number of amidine groups is 1. The molecule has 0 N–H and O–H groups in total. The maximum Gasteiger partial charge on any atom is 0.416 e. The number of aliphatic imine (C=N–C) groups is 1. The molecular formula is C26H23BrF3N3O3S. The fourth-order valence-corrected chi connectivity index (χ4v) is 5.98. The summed E-state index contributed by atoms with van der Waals surface area (Å²) < 4.78 is 66.9. The second-order valence-corrected chi connectivity index (χ2v) is 10.6. The van der Waals surface area contributed by atoms with Gasteiger partial charge in [0.15, 0.2) is 0 Å². The van der Waals surface area contributed by atoms with E-state index in [1.54, 1.807) is 23.1 Å². The summed E-state index contributed by atoms with van der Waals surface area (Å²) in [6.07, 6.45) is -2.87. The molecule has 3 aromatic rings. The van der Waals surface area contributed by atoms with Crippen LogP contribution in [-0.4, -0.2) is 37.6 Å². The molecule has 6 nitrogen and oxygen atoms in total. The molecule has 0 aliphatic carbocycles. The number of sulfonamides is 1. The van der Waals surface area contributed by atoms with E-state index in [9.17, 15) is 26.4 Å². The first kappa shape index (κ1) is 27.0. The molecule has 0 aromatic heterocycles. The molecular weight excluding hydrogens is 571 g/mol. The molecule has 1 fully saturated rings. The average Bonchev–Trinajstić information content (AvgIpc) is 3.53. The van der Waals surface area contributed by atoms with Gasteiger partial charge in [-0.25, -0.2) is 8.42 Å². The van der Waals surface area contributed by atoms with Crippen molar-refractivity contribution in [1.82, 2.24) is 4.31 Å². The number of nitrogens with zero attached hydrogens (tertiary/aromatic N) is 3. The maximum atomic E-state index is 13.3. The Morgan fingerprint density at radius 3 is 2.24 bits per heavy atom. The van der Waals surface area contributed by atoms with Gasteiger partial charge in [-0.05, 0) is 60.9 Å². The van der Waals surface area contributed by atoms with E-state index >= 15 is 0 Å². The Kier molecular flexibility index (Phi) is 7.59. The van der Waals surface area contributed by atoms with Gasteiger partial charge in [0, 0.05) is 29.9 Å². The van der Waals surface area contributed by atoms with E-state index in [0.717, 1.165) is 30.5 Å². The molecule has 0 bridgehead atoms. The van der Waals surface area contributed by atoms with Crippen LogP contribution in [-0.2, 0) is 22.7 Å². The molecule has 3 aromatic carbocycles. The molecule has 37 heavy (non-hydrogen) atoms. The maximum absolute atomic E-state index is 13.3. The van der Waals surface area contributed by atoms with Gasteiger partial charge in [-0.15, -0.1) is 17.0 Å². The predicted octanol–water partition coefficient (Wildman–Crippen LogP) is 5.68. The Hall–Kier alpha value is -3.02. The zero-order valence-electron chi connectivity index (χ0n) is 19.5. The number of amides is 1. The molecule has 194 valence electrons. The second kappa shape index (κ2) is 10.4. The van der Waals surface area contributed by atoms with Gasteiger partial charge in [0.1, 0.15) is 5.84 Å². The average molecular weight is 594 g/mol. The first-order valence-electron chi connectivity index (χ1n) is 11.4. The number of carbonyl (C=O) groups excluding carboxylic acids is 1. The van der Waals surface area contributed by atoms with Crippen LogP contribution in [0.25, 0.3) is 0 Å². The van der Waals surface area contributed by atoms with Crippen molar-refractivity contribution in [1.29, 1.82) is 0 Å². The van der Waals surface area contributed by atoms with Crippen LogP contribution in [0.2, 0.25) is 0 Å². The summed E-state index contributed by atoms with van der Waals surface area (Å²) in [6.45, 7) is 1.21. The minimum Gasteiger partial charge on any atom is -0.321 e. The van der Waals surface area contributed by atoms with E-state index in [1.807, 2.05) is 12.1 Å². The fraction of sp³-hybridized carbons (Fsp3) is 0.231. The van der Waals surface area contributed by atoms with E-state index in [4.69, 9.17) is 0 Å². The molecule has 0 saturated carbocycles. The molecule has 11 heteroatoms. The van der Waals surface area contributed by atoms with Crippen molar-refractivity contribution in [2.45, 2.75) is 30.5 Å². The van der Waals surface area contributed by atoms with E-state index in [1.165, 1.54) is 34.6 Å². The monoisotopic (exact) mass is 593 g/mol. The minimum atomic E-state index is -4.51. The van der Waals surface area contributed by atoms with Crippen molar-refractivity contribution in [3.05, 3.63) is 95.1 Å². The fourth-order valence-electron chi connectivity index (χ4n) is 4.46. The standard InChI is InChI=1S/C26H22F3N3O3S.BrH/c27-26(28,29)20-7-5-8-21(16-20)32-17-19-6-1-2-9-23(19)24(32)30-25(33)18-10-12-22(13-11-18)36(34,35)31-14-3-4-15-31;/h1-2,5-13,16H,3-4,14-15,17H2;1H. The van der Waals surface area contributed by atoms with Gasteiger partial charge in [-0.1, -0.05) is 30.3 Å². The van der Waals surface area contributed by atoms with Gasteiger partial charge in [-0.2, -0.15) is 22.5 Å². The lowest BCUT2D eigenvalue weighted by Crippen LogP contribution is -2.27. The molecule has 0 unspecified atom stereocenters. The summed E-state index contributed by atoms with van der Waals surface area (Å²) in [5.41, 5.74) is 1.12. The minimum absolute atomic E-state index is 0. The predicted molar refractivity (Wildman–Crippen MR) is 140 cm³/mol. The summed E-state index contributed by atoms with van der Waals surface area (Å²) >= 11 is 0. The molecule has 0 atom stereocenters. The third-order valence-corrected chi connectivity index (χ3v) is 8.25. The lowest BCUT2D eigenvalue weighted by atomic mass is 10.1. The Morgan fingerprint density at radius 2 is 1.57 bits per heavy atom. The summed E-state index contributed by atoms with van der Waals surface area (Å²) in [5, 5.41) is 0. The second-order valence-electron chi connectivity index (χ2n) is 8.67. The summed E-state index contributed by atoms with van der Waals surface area (Å²) in [4.78, 5) is 19.0.